The predicted molar refractivity (Wildman–Crippen MR) is 61.2 cm³/mol. The summed E-state index contributed by atoms with van der Waals surface area (Å²) in [6.45, 7) is 7.44. The molecule has 15 heavy (non-hydrogen) atoms. The molecule has 0 aliphatic rings. The first-order chi connectivity index (χ1) is 6.87. The lowest BCUT2D eigenvalue weighted by atomic mass is 10.2. The molecule has 0 bridgehead atoms. The van der Waals surface area contributed by atoms with E-state index < -0.39 is 5.60 Å². The van der Waals surface area contributed by atoms with Gasteiger partial charge in [-0.05, 0) is 27.7 Å². The fraction of sp³-hybridized carbons (Fsp3) is 0.667. The van der Waals surface area contributed by atoms with Crippen LogP contribution in [0.4, 0.5) is 0 Å². The van der Waals surface area contributed by atoms with Crippen molar-refractivity contribution < 1.29 is 9.53 Å². The number of aryl methyl sites for hydroxylation is 1. The van der Waals surface area contributed by atoms with Crippen molar-refractivity contribution in [3.05, 3.63) is 5.01 Å². The zero-order valence-corrected chi connectivity index (χ0v) is 10.9. The minimum atomic E-state index is -0.422. The fourth-order valence-corrected chi connectivity index (χ4v) is 2.42. The van der Waals surface area contributed by atoms with Crippen molar-refractivity contribution in [2.24, 2.45) is 0 Å². The van der Waals surface area contributed by atoms with Crippen LogP contribution in [0.3, 0.4) is 0 Å². The van der Waals surface area contributed by atoms with Crippen LogP contribution in [0.1, 0.15) is 25.8 Å². The highest BCUT2D eigenvalue weighted by Gasteiger charge is 2.16. The third-order valence-corrected chi connectivity index (χ3v) is 3.19. The zero-order chi connectivity index (χ0) is 11.5. The minimum absolute atomic E-state index is 0.222. The molecule has 1 heterocycles. The van der Waals surface area contributed by atoms with E-state index >= 15 is 0 Å². The van der Waals surface area contributed by atoms with Gasteiger partial charge in [0.15, 0.2) is 4.34 Å². The minimum Gasteiger partial charge on any atom is -0.459 e. The Bertz CT molecular complexity index is 344. The topological polar surface area (TPSA) is 52.1 Å². The molecule has 0 amide bonds. The van der Waals surface area contributed by atoms with Crippen LogP contribution in [-0.4, -0.2) is 27.5 Å². The summed E-state index contributed by atoms with van der Waals surface area (Å²) in [5.41, 5.74) is -0.422. The molecule has 0 radical (unpaired) electrons. The van der Waals surface area contributed by atoms with Gasteiger partial charge in [0.1, 0.15) is 10.6 Å². The van der Waals surface area contributed by atoms with Gasteiger partial charge in [0.05, 0.1) is 5.75 Å². The number of carbonyl (C=O) groups excluding carboxylic acids is 1. The van der Waals surface area contributed by atoms with E-state index in [4.69, 9.17) is 4.74 Å². The molecule has 0 saturated carbocycles. The quantitative estimate of drug-likeness (QED) is 0.605. The molecular weight excluding hydrogens is 232 g/mol. The summed E-state index contributed by atoms with van der Waals surface area (Å²) in [6, 6.07) is 0. The van der Waals surface area contributed by atoms with Crippen molar-refractivity contribution in [3.8, 4) is 0 Å². The van der Waals surface area contributed by atoms with Crippen LogP contribution in [0.5, 0.6) is 0 Å². The Balaban J connectivity index is 2.35. The van der Waals surface area contributed by atoms with Crippen LogP contribution in [0, 0.1) is 6.92 Å². The maximum absolute atomic E-state index is 11.4. The Labute approximate surface area is 97.4 Å². The molecular formula is C9H14N2O2S2. The van der Waals surface area contributed by atoms with E-state index in [1.165, 1.54) is 23.1 Å². The highest BCUT2D eigenvalue weighted by Crippen LogP contribution is 2.22. The molecule has 6 heteroatoms. The average Bonchev–Trinajstić information content (AvgIpc) is 2.45. The van der Waals surface area contributed by atoms with Crippen LogP contribution in [-0.2, 0) is 9.53 Å². The Morgan fingerprint density at radius 3 is 2.60 bits per heavy atom. The molecule has 0 spiro atoms. The summed E-state index contributed by atoms with van der Waals surface area (Å²) in [5, 5.41) is 8.68. The number of thioether (sulfide) groups is 1. The average molecular weight is 246 g/mol. The number of hydrogen-bond acceptors (Lipinski definition) is 6. The molecule has 0 N–H and O–H groups in total. The van der Waals surface area contributed by atoms with Crippen LogP contribution >= 0.6 is 23.1 Å². The van der Waals surface area contributed by atoms with Crippen LogP contribution in [0.15, 0.2) is 4.34 Å². The molecule has 1 aromatic heterocycles. The van der Waals surface area contributed by atoms with Gasteiger partial charge in [-0.3, -0.25) is 4.79 Å². The standard InChI is InChI=1S/C9H14N2O2S2/c1-6-10-11-8(15-6)14-5-7(12)13-9(2,3)4/h5H2,1-4H3. The molecule has 4 nitrogen and oxygen atoms in total. The number of ether oxygens (including phenoxy) is 1. The number of aromatic nitrogens is 2. The molecule has 0 saturated heterocycles. The van der Waals surface area contributed by atoms with E-state index in [1.54, 1.807) is 0 Å². The van der Waals surface area contributed by atoms with Crippen LogP contribution < -0.4 is 0 Å². The van der Waals surface area contributed by atoms with Gasteiger partial charge in [0.25, 0.3) is 0 Å². The summed E-state index contributed by atoms with van der Waals surface area (Å²) in [6.07, 6.45) is 0. The van der Waals surface area contributed by atoms with Crippen molar-refractivity contribution in [1.29, 1.82) is 0 Å². The van der Waals surface area contributed by atoms with Gasteiger partial charge in [-0.2, -0.15) is 0 Å². The maximum Gasteiger partial charge on any atom is 0.316 e. The van der Waals surface area contributed by atoms with E-state index in [0.717, 1.165) is 9.35 Å². The lowest BCUT2D eigenvalue weighted by molar-refractivity contribution is -0.151. The van der Waals surface area contributed by atoms with Gasteiger partial charge in [-0.15, -0.1) is 10.2 Å². The van der Waals surface area contributed by atoms with E-state index in [9.17, 15) is 4.79 Å². The summed E-state index contributed by atoms with van der Waals surface area (Å²) in [7, 11) is 0. The van der Waals surface area contributed by atoms with Crippen molar-refractivity contribution in [2.45, 2.75) is 37.6 Å². The third kappa shape index (κ3) is 5.13. The van der Waals surface area contributed by atoms with E-state index in [-0.39, 0.29) is 11.7 Å². The Morgan fingerprint density at radius 2 is 2.13 bits per heavy atom. The number of carbonyl (C=O) groups is 1. The highest BCUT2D eigenvalue weighted by molar-refractivity contribution is 8.01. The van der Waals surface area contributed by atoms with Crippen molar-refractivity contribution in [2.75, 3.05) is 5.75 Å². The largest absolute Gasteiger partial charge is 0.459 e. The smallest absolute Gasteiger partial charge is 0.316 e. The lowest BCUT2D eigenvalue weighted by Gasteiger charge is -2.18. The SMILES string of the molecule is Cc1nnc(SCC(=O)OC(C)(C)C)s1. The van der Waals surface area contributed by atoms with Crippen LogP contribution in [0.2, 0.25) is 0 Å². The van der Waals surface area contributed by atoms with Gasteiger partial charge in [0.2, 0.25) is 0 Å². The zero-order valence-electron chi connectivity index (χ0n) is 9.23. The van der Waals surface area contributed by atoms with E-state index in [1.807, 2.05) is 27.7 Å². The first-order valence-corrected chi connectivity index (χ1v) is 6.32. The number of nitrogens with zero attached hydrogens (tertiary/aromatic N) is 2. The normalized spacial score (nSPS) is 11.5. The highest BCUT2D eigenvalue weighted by atomic mass is 32.2. The second-order valence-electron chi connectivity index (χ2n) is 3.96. The molecule has 1 rings (SSSR count). The van der Waals surface area contributed by atoms with Gasteiger partial charge in [0, 0.05) is 0 Å². The molecule has 1 aromatic rings. The lowest BCUT2D eigenvalue weighted by Crippen LogP contribution is -2.24. The molecule has 0 atom stereocenters. The van der Waals surface area contributed by atoms with Crippen molar-refractivity contribution in [1.82, 2.24) is 10.2 Å². The number of esters is 1. The van der Waals surface area contributed by atoms with E-state index in [0.29, 0.717) is 0 Å². The molecule has 0 unspecified atom stereocenters. The Hall–Kier alpha value is -0.620. The second kappa shape index (κ2) is 4.94. The van der Waals surface area contributed by atoms with Gasteiger partial charge in [-0.1, -0.05) is 23.1 Å². The Morgan fingerprint density at radius 1 is 1.47 bits per heavy atom. The number of hydrogen-bond donors (Lipinski definition) is 0. The van der Waals surface area contributed by atoms with Gasteiger partial charge >= 0.3 is 5.97 Å². The maximum atomic E-state index is 11.4. The molecule has 0 aliphatic carbocycles. The molecule has 0 aliphatic heterocycles. The molecule has 84 valence electrons. The number of rotatable bonds is 3. The summed E-state index contributed by atoms with van der Waals surface area (Å²) >= 11 is 2.84. The van der Waals surface area contributed by atoms with E-state index in [2.05, 4.69) is 10.2 Å². The Kier molecular flexibility index (Phi) is 4.10. The van der Waals surface area contributed by atoms with Crippen LogP contribution in [0.25, 0.3) is 0 Å². The molecule has 0 fully saturated rings. The van der Waals surface area contributed by atoms with Crippen molar-refractivity contribution in [3.63, 3.8) is 0 Å². The fourth-order valence-electron chi connectivity index (χ4n) is 0.828. The summed E-state index contributed by atoms with van der Waals surface area (Å²) in [5.74, 6) is 0.0617. The monoisotopic (exact) mass is 246 g/mol. The first kappa shape index (κ1) is 12.4. The molecule has 0 aromatic carbocycles. The summed E-state index contributed by atoms with van der Waals surface area (Å²) < 4.78 is 5.97. The van der Waals surface area contributed by atoms with Gasteiger partial charge in [-0.25, -0.2) is 0 Å². The predicted octanol–water partition coefficient (Wildman–Crippen LogP) is 2.28. The summed E-state index contributed by atoms with van der Waals surface area (Å²) in [4.78, 5) is 11.4. The first-order valence-electron chi connectivity index (χ1n) is 4.51. The third-order valence-electron chi connectivity index (χ3n) is 1.24. The van der Waals surface area contributed by atoms with Gasteiger partial charge < -0.3 is 4.74 Å². The second-order valence-corrected chi connectivity index (χ2v) is 6.37. The van der Waals surface area contributed by atoms with Crippen molar-refractivity contribution >= 4 is 29.1 Å².